The van der Waals surface area contributed by atoms with Gasteiger partial charge in [-0.2, -0.15) is 0 Å². The first kappa shape index (κ1) is 17.8. The van der Waals surface area contributed by atoms with Gasteiger partial charge in [0, 0.05) is 39.9 Å². The van der Waals surface area contributed by atoms with Gasteiger partial charge in [-0.3, -0.25) is 4.79 Å². The molecule has 0 aliphatic carbocycles. The SMILES string of the molecule is COCCNCc1cccc(Cl)c1OC(C)C(=O)N(C)C. The fraction of sp³-hybridized carbons (Fsp3) is 0.533. The molecule has 0 spiro atoms. The van der Waals surface area contributed by atoms with Crippen molar-refractivity contribution in [3.05, 3.63) is 28.8 Å². The molecule has 0 heterocycles. The largest absolute Gasteiger partial charge is 0.479 e. The van der Waals surface area contributed by atoms with Crippen LogP contribution in [0.3, 0.4) is 0 Å². The van der Waals surface area contributed by atoms with Crippen LogP contribution in [0.15, 0.2) is 18.2 Å². The van der Waals surface area contributed by atoms with Crippen LogP contribution in [-0.4, -0.2) is 51.3 Å². The van der Waals surface area contributed by atoms with E-state index >= 15 is 0 Å². The monoisotopic (exact) mass is 314 g/mol. The number of nitrogens with one attached hydrogen (secondary N) is 1. The average Bonchev–Trinajstić information content (AvgIpc) is 2.45. The third-order valence-electron chi connectivity index (χ3n) is 2.93. The van der Waals surface area contributed by atoms with E-state index in [0.29, 0.717) is 23.9 Å². The van der Waals surface area contributed by atoms with Crippen molar-refractivity contribution in [2.24, 2.45) is 0 Å². The van der Waals surface area contributed by atoms with Crippen molar-refractivity contribution in [3.63, 3.8) is 0 Å². The predicted molar refractivity (Wildman–Crippen MR) is 83.8 cm³/mol. The molecule has 0 aliphatic rings. The second-order valence-corrected chi connectivity index (χ2v) is 5.30. The molecule has 0 saturated heterocycles. The summed E-state index contributed by atoms with van der Waals surface area (Å²) >= 11 is 6.20. The van der Waals surface area contributed by atoms with E-state index in [0.717, 1.165) is 12.1 Å². The lowest BCUT2D eigenvalue weighted by molar-refractivity contribution is -0.135. The fourth-order valence-corrected chi connectivity index (χ4v) is 2.05. The second kappa shape index (κ2) is 8.87. The van der Waals surface area contributed by atoms with Crippen molar-refractivity contribution in [3.8, 4) is 5.75 Å². The van der Waals surface area contributed by atoms with Crippen molar-refractivity contribution < 1.29 is 14.3 Å². The molecule has 0 bridgehead atoms. The van der Waals surface area contributed by atoms with Crippen molar-refractivity contribution in [2.45, 2.75) is 19.6 Å². The lowest BCUT2D eigenvalue weighted by atomic mass is 10.2. The smallest absolute Gasteiger partial charge is 0.262 e. The van der Waals surface area contributed by atoms with Gasteiger partial charge in [0.1, 0.15) is 5.75 Å². The van der Waals surface area contributed by atoms with Gasteiger partial charge in [-0.15, -0.1) is 0 Å². The maximum atomic E-state index is 11.9. The zero-order valence-electron chi connectivity index (χ0n) is 13.0. The number of methoxy groups -OCH3 is 1. The van der Waals surface area contributed by atoms with Crippen LogP contribution in [0, 0.1) is 0 Å². The summed E-state index contributed by atoms with van der Waals surface area (Å²) in [4.78, 5) is 13.4. The summed E-state index contributed by atoms with van der Waals surface area (Å²) in [6.45, 7) is 3.68. The van der Waals surface area contributed by atoms with Gasteiger partial charge < -0.3 is 19.7 Å². The van der Waals surface area contributed by atoms with E-state index in [4.69, 9.17) is 21.1 Å². The molecular weight excluding hydrogens is 292 g/mol. The highest BCUT2D eigenvalue weighted by Gasteiger charge is 2.19. The number of para-hydroxylation sites is 1. The molecule has 21 heavy (non-hydrogen) atoms. The first-order chi connectivity index (χ1) is 9.97. The molecular formula is C15H23ClN2O3. The molecule has 1 atom stereocenters. The van der Waals surface area contributed by atoms with Crippen LogP contribution in [0.4, 0.5) is 0 Å². The molecule has 0 aliphatic heterocycles. The molecule has 6 heteroatoms. The van der Waals surface area contributed by atoms with Crippen LogP contribution >= 0.6 is 11.6 Å². The van der Waals surface area contributed by atoms with Crippen LogP contribution in [0.25, 0.3) is 0 Å². The van der Waals surface area contributed by atoms with Gasteiger partial charge in [-0.1, -0.05) is 23.7 Å². The average molecular weight is 315 g/mol. The summed E-state index contributed by atoms with van der Waals surface area (Å²) in [6, 6.07) is 5.54. The number of ether oxygens (including phenoxy) is 2. The highest BCUT2D eigenvalue weighted by atomic mass is 35.5. The van der Waals surface area contributed by atoms with Crippen molar-refractivity contribution >= 4 is 17.5 Å². The zero-order valence-corrected chi connectivity index (χ0v) is 13.7. The fourth-order valence-electron chi connectivity index (χ4n) is 1.81. The minimum atomic E-state index is -0.586. The molecule has 1 amide bonds. The van der Waals surface area contributed by atoms with E-state index in [2.05, 4.69) is 5.32 Å². The van der Waals surface area contributed by atoms with E-state index < -0.39 is 6.10 Å². The Morgan fingerprint density at radius 3 is 2.76 bits per heavy atom. The minimum absolute atomic E-state index is 0.104. The summed E-state index contributed by atoms with van der Waals surface area (Å²) < 4.78 is 10.7. The number of hydrogen-bond acceptors (Lipinski definition) is 4. The first-order valence-electron chi connectivity index (χ1n) is 6.82. The molecule has 118 valence electrons. The molecule has 1 rings (SSSR count). The van der Waals surface area contributed by atoms with Crippen LogP contribution in [0.2, 0.25) is 5.02 Å². The van der Waals surface area contributed by atoms with Crippen molar-refractivity contribution in [1.29, 1.82) is 0 Å². The molecule has 0 aromatic heterocycles. The van der Waals surface area contributed by atoms with Crippen LogP contribution in [0.5, 0.6) is 5.75 Å². The van der Waals surface area contributed by atoms with Gasteiger partial charge in [0.25, 0.3) is 5.91 Å². The van der Waals surface area contributed by atoms with Crippen LogP contribution < -0.4 is 10.1 Å². The first-order valence-corrected chi connectivity index (χ1v) is 7.20. The maximum absolute atomic E-state index is 11.9. The highest BCUT2D eigenvalue weighted by molar-refractivity contribution is 6.32. The molecule has 0 saturated carbocycles. The summed E-state index contributed by atoms with van der Waals surface area (Å²) in [7, 11) is 5.05. The Balaban J connectivity index is 2.77. The number of hydrogen-bond donors (Lipinski definition) is 1. The Hall–Kier alpha value is -1.30. The predicted octanol–water partition coefficient (Wildman–Crippen LogP) is 1.93. The topological polar surface area (TPSA) is 50.8 Å². The molecule has 0 fully saturated rings. The van der Waals surface area contributed by atoms with Crippen molar-refractivity contribution in [2.75, 3.05) is 34.4 Å². The van der Waals surface area contributed by atoms with Gasteiger partial charge in [-0.25, -0.2) is 0 Å². The zero-order chi connectivity index (χ0) is 15.8. The third kappa shape index (κ3) is 5.53. The van der Waals surface area contributed by atoms with Gasteiger partial charge in [0.15, 0.2) is 6.10 Å². The summed E-state index contributed by atoms with van der Waals surface area (Å²) in [5.74, 6) is 0.444. The standard InChI is InChI=1S/C15H23ClN2O3/c1-11(15(19)18(2)3)21-14-12(6-5-7-13(14)16)10-17-8-9-20-4/h5-7,11,17H,8-10H2,1-4H3. The number of nitrogens with zero attached hydrogens (tertiary/aromatic N) is 1. The summed E-state index contributed by atoms with van der Waals surface area (Å²) in [5, 5.41) is 3.74. The lowest BCUT2D eigenvalue weighted by Crippen LogP contribution is -2.35. The molecule has 1 N–H and O–H groups in total. The Kier molecular flexibility index (Phi) is 7.50. The van der Waals surface area contributed by atoms with E-state index in [9.17, 15) is 4.79 Å². The van der Waals surface area contributed by atoms with Gasteiger partial charge in [0.2, 0.25) is 0 Å². The van der Waals surface area contributed by atoms with E-state index in [-0.39, 0.29) is 5.91 Å². The number of benzene rings is 1. The number of likely N-dealkylation sites (N-methyl/N-ethyl adjacent to an activating group) is 1. The summed E-state index contributed by atoms with van der Waals surface area (Å²) in [5.41, 5.74) is 0.914. The molecule has 0 radical (unpaired) electrons. The minimum Gasteiger partial charge on any atom is -0.479 e. The number of amides is 1. The number of carbonyl (C=O) groups is 1. The van der Waals surface area contributed by atoms with Crippen LogP contribution in [0.1, 0.15) is 12.5 Å². The Labute approximate surface area is 131 Å². The Morgan fingerprint density at radius 1 is 1.43 bits per heavy atom. The lowest BCUT2D eigenvalue weighted by Gasteiger charge is -2.21. The normalized spacial score (nSPS) is 12.0. The Morgan fingerprint density at radius 2 is 2.14 bits per heavy atom. The molecule has 1 unspecified atom stereocenters. The number of rotatable bonds is 8. The van der Waals surface area contributed by atoms with Gasteiger partial charge in [-0.05, 0) is 13.0 Å². The van der Waals surface area contributed by atoms with Gasteiger partial charge in [0.05, 0.1) is 11.6 Å². The highest BCUT2D eigenvalue weighted by Crippen LogP contribution is 2.29. The number of carbonyl (C=O) groups excluding carboxylic acids is 1. The Bertz CT molecular complexity index is 466. The van der Waals surface area contributed by atoms with Gasteiger partial charge >= 0.3 is 0 Å². The molecule has 1 aromatic rings. The van der Waals surface area contributed by atoms with Crippen LogP contribution in [-0.2, 0) is 16.1 Å². The van der Waals surface area contributed by atoms with E-state index in [1.165, 1.54) is 4.90 Å². The third-order valence-corrected chi connectivity index (χ3v) is 3.23. The molecule has 1 aromatic carbocycles. The quantitative estimate of drug-likeness (QED) is 0.745. The molecule has 5 nitrogen and oxygen atoms in total. The summed E-state index contributed by atoms with van der Waals surface area (Å²) in [6.07, 6.45) is -0.586. The maximum Gasteiger partial charge on any atom is 0.262 e. The van der Waals surface area contributed by atoms with E-state index in [1.807, 2.05) is 12.1 Å². The van der Waals surface area contributed by atoms with Crippen molar-refractivity contribution in [1.82, 2.24) is 10.2 Å². The van der Waals surface area contributed by atoms with E-state index in [1.54, 1.807) is 34.2 Å². The second-order valence-electron chi connectivity index (χ2n) is 4.89. The number of halogens is 1.